The fraction of sp³-hybridized carbons (Fsp3) is 0.500. The number of nitrogens with zero attached hydrogens (tertiary/aromatic N) is 1. The molecule has 1 unspecified atom stereocenters. The van der Waals surface area contributed by atoms with Crippen molar-refractivity contribution in [1.82, 2.24) is 10.2 Å². The van der Waals surface area contributed by atoms with Crippen LogP contribution in [0.15, 0.2) is 18.2 Å². The summed E-state index contributed by atoms with van der Waals surface area (Å²) in [5, 5.41) is 6.24. The summed E-state index contributed by atoms with van der Waals surface area (Å²) in [6.45, 7) is 2.85. The van der Waals surface area contributed by atoms with Crippen molar-refractivity contribution in [2.24, 2.45) is 0 Å². The van der Waals surface area contributed by atoms with Gasteiger partial charge in [-0.3, -0.25) is 9.59 Å². The molecule has 1 aliphatic rings. The van der Waals surface area contributed by atoms with Crippen LogP contribution in [0.25, 0.3) is 0 Å². The summed E-state index contributed by atoms with van der Waals surface area (Å²) in [4.78, 5) is 25.8. The number of anilines is 1. The molecule has 1 atom stereocenters. The molecule has 0 radical (unpaired) electrons. The molecule has 0 aromatic heterocycles. The van der Waals surface area contributed by atoms with Gasteiger partial charge in [-0.1, -0.05) is 6.07 Å². The zero-order chi connectivity index (χ0) is 16.1. The molecule has 120 valence electrons. The van der Waals surface area contributed by atoms with Crippen molar-refractivity contribution in [3.63, 3.8) is 0 Å². The smallest absolute Gasteiger partial charge is 0.253 e. The Bertz CT molecular complexity index is 554. The second-order valence-electron chi connectivity index (χ2n) is 5.71. The molecule has 1 heterocycles. The van der Waals surface area contributed by atoms with Gasteiger partial charge in [-0.2, -0.15) is 11.8 Å². The highest BCUT2D eigenvalue weighted by atomic mass is 32.2. The van der Waals surface area contributed by atoms with Gasteiger partial charge in [-0.15, -0.1) is 0 Å². The summed E-state index contributed by atoms with van der Waals surface area (Å²) in [5.74, 6) is 1.99. The standard InChI is InChI=1S/C16H23N3O2S/c1-11-4-5-12(8-14(11)16(21)19(2)3)18-15(20)9-13-10-22-7-6-17-13/h4-5,8,13,17H,6-7,9-10H2,1-3H3,(H,18,20). The van der Waals surface area contributed by atoms with Crippen LogP contribution in [-0.4, -0.2) is 54.9 Å². The fourth-order valence-corrected chi connectivity index (χ4v) is 3.31. The third-order valence-corrected chi connectivity index (χ3v) is 4.72. The molecule has 5 nitrogen and oxygen atoms in total. The average molecular weight is 321 g/mol. The second kappa shape index (κ2) is 7.65. The van der Waals surface area contributed by atoms with E-state index < -0.39 is 0 Å². The lowest BCUT2D eigenvalue weighted by Gasteiger charge is -2.22. The van der Waals surface area contributed by atoms with Gasteiger partial charge in [-0.25, -0.2) is 0 Å². The van der Waals surface area contributed by atoms with Crippen LogP contribution in [0, 0.1) is 6.92 Å². The number of amides is 2. The molecular formula is C16H23N3O2S. The van der Waals surface area contributed by atoms with E-state index in [1.54, 1.807) is 20.2 Å². The first-order valence-electron chi connectivity index (χ1n) is 7.40. The van der Waals surface area contributed by atoms with E-state index in [4.69, 9.17) is 0 Å². The Labute approximate surface area is 135 Å². The zero-order valence-corrected chi connectivity index (χ0v) is 14.1. The van der Waals surface area contributed by atoms with E-state index >= 15 is 0 Å². The van der Waals surface area contributed by atoms with Crippen molar-refractivity contribution in [2.75, 3.05) is 37.5 Å². The number of hydrogen-bond donors (Lipinski definition) is 2. The summed E-state index contributed by atoms with van der Waals surface area (Å²) in [6.07, 6.45) is 0.456. The maximum atomic E-state index is 12.1. The van der Waals surface area contributed by atoms with Crippen LogP contribution in [0.2, 0.25) is 0 Å². The molecule has 0 saturated carbocycles. The van der Waals surface area contributed by atoms with E-state index in [0.717, 1.165) is 23.6 Å². The average Bonchev–Trinajstić information content (AvgIpc) is 2.49. The van der Waals surface area contributed by atoms with E-state index in [1.807, 2.05) is 30.8 Å². The van der Waals surface area contributed by atoms with E-state index in [0.29, 0.717) is 17.7 Å². The first-order chi connectivity index (χ1) is 10.5. The SMILES string of the molecule is Cc1ccc(NC(=O)CC2CSCCN2)cc1C(=O)N(C)C. The van der Waals surface area contributed by atoms with Crippen LogP contribution < -0.4 is 10.6 Å². The van der Waals surface area contributed by atoms with E-state index in [-0.39, 0.29) is 17.9 Å². The minimum atomic E-state index is -0.0565. The van der Waals surface area contributed by atoms with Gasteiger partial charge in [0.15, 0.2) is 0 Å². The summed E-state index contributed by atoms with van der Waals surface area (Å²) in [6, 6.07) is 5.68. The predicted octanol–water partition coefficient (Wildman–Crippen LogP) is 1.73. The highest BCUT2D eigenvalue weighted by Crippen LogP contribution is 2.18. The molecule has 2 N–H and O–H groups in total. The molecule has 0 aliphatic carbocycles. The number of nitrogens with one attached hydrogen (secondary N) is 2. The largest absolute Gasteiger partial charge is 0.345 e. The van der Waals surface area contributed by atoms with E-state index in [9.17, 15) is 9.59 Å². The monoisotopic (exact) mass is 321 g/mol. The molecular weight excluding hydrogens is 298 g/mol. The number of carbonyl (C=O) groups excluding carboxylic acids is 2. The van der Waals surface area contributed by atoms with Crippen molar-refractivity contribution in [3.8, 4) is 0 Å². The molecule has 2 rings (SSSR count). The van der Waals surface area contributed by atoms with Gasteiger partial charge in [0.2, 0.25) is 5.91 Å². The number of benzene rings is 1. The quantitative estimate of drug-likeness (QED) is 0.887. The highest BCUT2D eigenvalue weighted by molar-refractivity contribution is 7.99. The molecule has 22 heavy (non-hydrogen) atoms. The van der Waals surface area contributed by atoms with Gasteiger partial charge in [0.25, 0.3) is 5.91 Å². The molecule has 1 saturated heterocycles. The van der Waals surface area contributed by atoms with Crippen molar-refractivity contribution < 1.29 is 9.59 Å². The van der Waals surface area contributed by atoms with Gasteiger partial charge in [0, 0.05) is 55.9 Å². The van der Waals surface area contributed by atoms with E-state index in [1.165, 1.54) is 4.90 Å². The van der Waals surface area contributed by atoms with Gasteiger partial charge in [-0.05, 0) is 24.6 Å². The van der Waals surface area contributed by atoms with Crippen molar-refractivity contribution in [2.45, 2.75) is 19.4 Å². The van der Waals surface area contributed by atoms with Crippen LogP contribution in [-0.2, 0) is 4.79 Å². The lowest BCUT2D eigenvalue weighted by Crippen LogP contribution is -2.39. The molecule has 2 amide bonds. The lowest BCUT2D eigenvalue weighted by atomic mass is 10.1. The number of hydrogen-bond acceptors (Lipinski definition) is 4. The minimum Gasteiger partial charge on any atom is -0.345 e. The number of thioether (sulfide) groups is 1. The Kier molecular flexibility index (Phi) is 5.85. The summed E-state index contributed by atoms with van der Waals surface area (Å²) in [5.41, 5.74) is 2.19. The second-order valence-corrected chi connectivity index (χ2v) is 6.86. The topological polar surface area (TPSA) is 61.4 Å². The lowest BCUT2D eigenvalue weighted by molar-refractivity contribution is -0.116. The Hall–Kier alpha value is -1.53. The normalized spacial score (nSPS) is 17.9. The Morgan fingerprint density at radius 3 is 2.82 bits per heavy atom. The first kappa shape index (κ1) is 16.8. The number of aryl methyl sites for hydroxylation is 1. The fourth-order valence-electron chi connectivity index (χ4n) is 2.36. The van der Waals surface area contributed by atoms with Gasteiger partial charge in [0.1, 0.15) is 0 Å². The summed E-state index contributed by atoms with van der Waals surface area (Å²) < 4.78 is 0. The van der Waals surface area contributed by atoms with Crippen LogP contribution in [0.5, 0.6) is 0 Å². The molecule has 1 aromatic carbocycles. The summed E-state index contributed by atoms with van der Waals surface area (Å²) in [7, 11) is 3.44. The van der Waals surface area contributed by atoms with Gasteiger partial charge >= 0.3 is 0 Å². The number of carbonyl (C=O) groups is 2. The van der Waals surface area contributed by atoms with Gasteiger partial charge < -0.3 is 15.5 Å². The van der Waals surface area contributed by atoms with Crippen LogP contribution in [0.3, 0.4) is 0 Å². The van der Waals surface area contributed by atoms with Crippen LogP contribution in [0.1, 0.15) is 22.3 Å². The van der Waals surface area contributed by atoms with Crippen molar-refractivity contribution in [1.29, 1.82) is 0 Å². The molecule has 6 heteroatoms. The van der Waals surface area contributed by atoms with E-state index in [2.05, 4.69) is 10.6 Å². The third kappa shape index (κ3) is 4.48. The molecule has 1 aromatic rings. The third-order valence-electron chi connectivity index (χ3n) is 3.59. The van der Waals surface area contributed by atoms with Crippen LogP contribution in [0.4, 0.5) is 5.69 Å². The first-order valence-corrected chi connectivity index (χ1v) is 8.56. The maximum Gasteiger partial charge on any atom is 0.253 e. The van der Waals surface area contributed by atoms with Crippen molar-refractivity contribution in [3.05, 3.63) is 29.3 Å². The van der Waals surface area contributed by atoms with Gasteiger partial charge in [0.05, 0.1) is 0 Å². The number of rotatable bonds is 4. The minimum absolute atomic E-state index is 0.0212. The molecule has 0 spiro atoms. The summed E-state index contributed by atoms with van der Waals surface area (Å²) >= 11 is 1.87. The maximum absolute atomic E-state index is 12.1. The molecule has 0 bridgehead atoms. The Balaban J connectivity index is 2.01. The zero-order valence-electron chi connectivity index (χ0n) is 13.3. The Morgan fingerprint density at radius 2 is 2.18 bits per heavy atom. The molecule has 1 fully saturated rings. The highest BCUT2D eigenvalue weighted by Gasteiger charge is 2.17. The Morgan fingerprint density at radius 1 is 1.41 bits per heavy atom. The van der Waals surface area contributed by atoms with Crippen molar-refractivity contribution >= 4 is 29.3 Å². The predicted molar refractivity (Wildman–Crippen MR) is 91.6 cm³/mol. The van der Waals surface area contributed by atoms with Crippen LogP contribution >= 0.6 is 11.8 Å². The molecule has 1 aliphatic heterocycles.